The van der Waals surface area contributed by atoms with Gasteiger partial charge in [-0.2, -0.15) is 0 Å². The fraction of sp³-hybridized carbons (Fsp3) is 0.478. The van der Waals surface area contributed by atoms with E-state index in [-0.39, 0.29) is 6.04 Å². The molecule has 2 N–H and O–H groups in total. The molecule has 1 atom stereocenters. The van der Waals surface area contributed by atoms with E-state index >= 15 is 0 Å². The SMILES string of the molecule is CCNC(=NCCc1ccc(C)nc1)NC(C)c1cccc(N2CCCC2)c1. The molecule has 1 aromatic heterocycles. The maximum atomic E-state index is 4.75. The van der Waals surface area contributed by atoms with Crippen LogP contribution in [0.4, 0.5) is 5.69 Å². The minimum atomic E-state index is 0.196. The van der Waals surface area contributed by atoms with E-state index < -0.39 is 0 Å². The van der Waals surface area contributed by atoms with Gasteiger partial charge in [0.1, 0.15) is 0 Å². The highest BCUT2D eigenvalue weighted by atomic mass is 15.2. The van der Waals surface area contributed by atoms with Gasteiger partial charge in [0.25, 0.3) is 0 Å². The summed E-state index contributed by atoms with van der Waals surface area (Å²) in [5.41, 5.74) is 4.89. The molecule has 0 spiro atoms. The number of nitrogens with zero attached hydrogens (tertiary/aromatic N) is 3. The number of hydrogen-bond acceptors (Lipinski definition) is 3. The Kier molecular flexibility index (Phi) is 7.29. The molecule has 1 aliphatic rings. The van der Waals surface area contributed by atoms with Gasteiger partial charge < -0.3 is 15.5 Å². The molecule has 5 heteroatoms. The average molecular weight is 380 g/mol. The third-order valence-electron chi connectivity index (χ3n) is 5.18. The summed E-state index contributed by atoms with van der Waals surface area (Å²) in [7, 11) is 0. The van der Waals surface area contributed by atoms with Crippen LogP contribution in [0.15, 0.2) is 47.6 Å². The number of aliphatic imine (C=N–C) groups is 1. The van der Waals surface area contributed by atoms with Gasteiger partial charge >= 0.3 is 0 Å². The van der Waals surface area contributed by atoms with Gasteiger partial charge in [-0.1, -0.05) is 18.2 Å². The summed E-state index contributed by atoms with van der Waals surface area (Å²) in [6, 6.07) is 13.3. The normalized spacial score (nSPS) is 15.5. The Labute approximate surface area is 169 Å². The zero-order chi connectivity index (χ0) is 19.8. The van der Waals surface area contributed by atoms with Crippen LogP contribution in [0.5, 0.6) is 0 Å². The molecule has 1 saturated heterocycles. The highest BCUT2D eigenvalue weighted by Crippen LogP contribution is 2.23. The summed E-state index contributed by atoms with van der Waals surface area (Å²) in [6.45, 7) is 10.2. The molecule has 5 nitrogen and oxygen atoms in total. The minimum Gasteiger partial charge on any atom is -0.372 e. The Balaban J connectivity index is 1.60. The molecule has 28 heavy (non-hydrogen) atoms. The lowest BCUT2D eigenvalue weighted by molar-refractivity contribution is 0.685. The first-order valence-corrected chi connectivity index (χ1v) is 10.5. The first-order chi connectivity index (χ1) is 13.7. The van der Waals surface area contributed by atoms with Gasteiger partial charge in [0, 0.05) is 43.8 Å². The van der Waals surface area contributed by atoms with Crippen LogP contribution in [0.1, 0.15) is 49.6 Å². The van der Waals surface area contributed by atoms with Crippen LogP contribution in [-0.2, 0) is 6.42 Å². The summed E-state index contributed by atoms with van der Waals surface area (Å²) in [6.07, 6.45) is 5.43. The van der Waals surface area contributed by atoms with Gasteiger partial charge in [-0.15, -0.1) is 0 Å². The lowest BCUT2D eigenvalue weighted by Gasteiger charge is -2.22. The predicted molar refractivity (Wildman–Crippen MR) is 118 cm³/mol. The van der Waals surface area contributed by atoms with Gasteiger partial charge in [-0.05, 0) is 69.4 Å². The fourth-order valence-electron chi connectivity index (χ4n) is 3.52. The zero-order valence-electron chi connectivity index (χ0n) is 17.4. The van der Waals surface area contributed by atoms with Crippen molar-refractivity contribution in [2.75, 3.05) is 31.1 Å². The summed E-state index contributed by atoms with van der Waals surface area (Å²) in [5, 5.41) is 6.91. The van der Waals surface area contributed by atoms with Crippen molar-refractivity contribution in [1.82, 2.24) is 15.6 Å². The van der Waals surface area contributed by atoms with Crippen molar-refractivity contribution in [2.45, 2.75) is 46.1 Å². The Morgan fingerprint density at radius 3 is 2.75 bits per heavy atom. The largest absolute Gasteiger partial charge is 0.372 e. The molecule has 0 aliphatic carbocycles. The molecule has 0 amide bonds. The van der Waals surface area contributed by atoms with Crippen molar-refractivity contribution in [3.63, 3.8) is 0 Å². The second-order valence-electron chi connectivity index (χ2n) is 7.47. The number of hydrogen-bond donors (Lipinski definition) is 2. The minimum absolute atomic E-state index is 0.196. The van der Waals surface area contributed by atoms with E-state index in [0.717, 1.165) is 31.2 Å². The second kappa shape index (κ2) is 10.1. The third kappa shape index (κ3) is 5.72. The van der Waals surface area contributed by atoms with Gasteiger partial charge in [-0.25, -0.2) is 0 Å². The Morgan fingerprint density at radius 2 is 2.04 bits per heavy atom. The Bertz CT molecular complexity index is 763. The summed E-state index contributed by atoms with van der Waals surface area (Å²) >= 11 is 0. The summed E-state index contributed by atoms with van der Waals surface area (Å²) in [5.74, 6) is 0.863. The van der Waals surface area contributed by atoms with Crippen LogP contribution in [0.2, 0.25) is 0 Å². The molecular formula is C23H33N5. The van der Waals surface area contributed by atoms with Gasteiger partial charge in [0.15, 0.2) is 5.96 Å². The molecule has 2 aromatic rings. The molecule has 0 radical (unpaired) electrons. The van der Waals surface area contributed by atoms with Crippen LogP contribution in [0.25, 0.3) is 0 Å². The molecule has 150 valence electrons. The van der Waals surface area contributed by atoms with Crippen molar-refractivity contribution in [3.8, 4) is 0 Å². The lowest BCUT2D eigenvalue weighted by atomic mass is 10.1. The predicted octanol–water partition coefficient (Wildman–Crippen LogP) is 3.85. The number of pyridine rings is 1. The molecule has 1 aliphatic heterocycles. The van der Waals surface area contributed by atoms with Crippen LogP contribution >= 0.6 is 0 Å². The number of guanidine groups is 1. The lowest BCUT2D eigenvalue weighted by Crippen LogP contribution is -2.39. The average Bonchev–Trinajstić information content (AvgIpc) is 3.24. The van der Waals surface area contributed by atoms with Crippen LogP contribution < -0.4 is 15.5 Å². The number of anilines is 1. The van der Waals surface area contributed by atoms with E-state index in [1.165, 1.54) is 42.7 Å². The molecular weight excluding hydrogens is 346 g/mol. The first kappa shape index (κ1) is 20.2. The van der Waals surface area contributed by atoms with E-state index in [9.17, 15) is 0 Å². The Morgan fingerprint density at radius 1 is 1.21 bits per heavy atom. The third-order valence-corrected chi connectivity index (χ3v) is 5.18. The van der Waals surface area contributed by atoms with E-state index in [1.54, 1.807) is 0 Å². The van der Waals surface area contributed by atoms with E-state index in [1.807, 2.05) is 13.1 Å². The van der Waals surface area contributed by atoms with E-state index in [0.29, 0.717) is 0 Å². The van der Waals surface area contributed by atoms with Crippen molar-refractivity contribution < 1.29 is 0 Å². The highest BCUT2D eigenvalue weighted by molar-refractivity contribution is 5.80. The number of rotatable bonds is 7. The van der Waals surface area contributed by atoms with E-state index in [2.05, 4.69) is 70.8 Å². The zero-order valence-corrected chi connectivity index (χ0v) is 17.4. The highest BCUT2D eigenvalue weighted by Gasteiger charge is 2.14. The van der Waals surface area contributed by atoms with Gasteiger partial charge in [0.2, 0.25) is 0 Å². The molecule has 1 fully saturated rings. The van der Waals surface area contributed by atoms with Gasteiger partial charge in [-0.3, -0.25) is 9.98 Å². The van der Waals surface area contributed by atoms with Crippen LogP contribution in [0.3, 0.4) is 0 Å². The smallest absolute Gasteiger partial charge is 0.191 e. The van der Waals surface area contributed by atoms with Crippen molar-refractivity contribution in [3.05, 3.63) is 59.4 Å². The fourth-order valence-corrected chi connectivity index (χ4v) is 3.52. The maximum Gasteiger partial charge on any atom is 0.191 e. The summed E-state index contributed by atoms with van der Waals surface area (Å²) in [4.78, 5) is 11.6. The van der Waals surface area contributed by atoms with Crippen molar-refractivity contribution in [2.24, 2.45) is 4.99 Å². The topological polar surface area (TPSA) is 52.6 Å². The molecule has 2 heterocycles. The molecule has 0 bridgehead atoms. The Hall–Kier alpha value is -2.56. The number of nitrogens with one attached hydrogen (secondary N) is 2. The second-order valence-corrected chi connectivity index (χ2v) is 7.47. The number of aryl methyl sites for hydroxylation is 1. The summed E-state index contributed by atoms with van der Waals surface area (Å²) < 4.78 is 0. The molecule has 1 aromatic carbocycles. The molecule has 3 rings (SSSR count). The number of benzene rings is 1. The first-order valence-electron chi connectivity index (χ1n) is 10.5. The van der Waals surface area contributed by atoms with E-state index in [4.69, 9.17) is 4.99 Å². The number of aromatic nitrogens is 1. The quantitative estimate of drug-likeness (QED) is 0.567. The maximum absolute atomic E-state index is 4.75. The molecule has 1 unspecified atom stereocenters. The van der Waals surface area contributed by atoms with Crippen LogP contribution in [-0.4, -0.2) is 37.1 Å². The van der Waals surface area contributed by atoms with Crippen molar-refractivity contribution in [1.29, 1.82) is 0 Å². The molecule has 0 saturated carbocycles. The standard InChI is InChI=1S/C23H33N5/c1-4-24-23(25-13-12-20-11-10-18(2)26-17-20)27-19(3)21-8-7-9-22(16-21)28-14-5-6-15-28/h7-11,16-17,19H,4-6,12-15H2,1-3H3,(H2,24,25,27). The van der Waals surface area contributed by atoms with Crippen molar-refractivity contribution >= 4 is 11.6 Å². The van der Waals surface area contributed by atoms with Gasteiger partial charge in [0.05, 0.1) is 6.04 Å². The monoisotopic (exact) mass is 379 g/mol. The van der Waals surface area contributed by atoms with Crippen LogP contribution in [0, 0.1) is 6.92 Å².